The van der Waals surface area contributed by atoms with E-state index in [4.69, 9.17) is 10.00 Å². The van der Waals surface area contributed by atoms with E-state index in [2.05, 4.69) is 25.4 Å². The van der Waals surface area contributed by atoms with E-state index in [0.29, 0.717) is 5.56 Å². The topological polar surface area (TPSA) is 156 Å². The normalized spacial score (nSPS) is 10.4. The molecule has 0 unspecified atom stereocenters. The summed E-state index contributed by atoms with van der Waals surface area (Å²) in [5.41, 5.74) is 2.35. The molecule has 0 saturated heterocycles. The van der Waals surface area contributed by atoms with Gasteiger partial charge in [-0.3, -0.25) is 19.6 Å². The van der Waals surface area contributed by atoms with Crippen molar-refractivity contribution < 1.29 is 14.3 Å². The SMILES string of the molecule is COC(=O)c1ccc(-c2ccc(CNC(=O)c3cnn(-c4ncc(C#N)c(=O)[nH]4)c3)cn2)cc1. The number of esters is 1. The van der Waals surface area contributed by atoms with E-state index >= 15 is 0 Å². The third-order valence-electron chi connectivity index (χ3n) is 4.85. The number of nitrogens with zero attached hydrogens (tertiary/aromatic N) is 5. The zero-order valence-corrected chi connectivity index (χ0v) is 17.8. The standard InChI is InChI=1S/C23H17N7O4/c1-34-22(33)16-5-3-15(4-6-16)19-7-2-14(9-25-19)10-26-20(31)18-12-28-30(13-18)23-27-11-17(8-24)21(32)29-23/h2-7,9,11-13H,10H2,1H3,(H,26,31)(H,27,29,32). The lowest BCUT2D eigenvalue weighted by molar-refractivity contribution is 0.0600. The molecule has 0 aliphatic carbocycles. The number of nitrogens with one attached hydrogen (secondary N) is 2. The van der Waals surface area contributed by atoms with Crippen molar-refractivity contribution in [2.75, 3.05) is 7.11 Å². The summed E-state index contributed by atoms with van der Waals surface area (Å²) in [6.07, 6.45) is 5.55. The van der Waals surface area contributed by atoms with Gasteiger partial charge in [0.25, 0.3) is 11.5 Å². The average molecular weight is 455 g/mol. The molecule has 1 amide bonds. The molecular formula is C23H17N7O4. The number of methoxy groups -OCH3 is 1. The Morgan fingerprint density at radius 1 is 1.09 bits per heavy atom. The largest absolute Gasteiger partial charge is 0.465 e. The molecule has 3 aromatic heterocycles. The molecule has 0 aliphatic heterocycles. The lowest BCUT2D eigenvalue weighted by Gasteiger charge is -2.06. The van der Waals surface area contributed by atoms with Crippen molar-refractivity contribution in [1.29, 1.82) is 5.26 Å². The second-order valence-corrected chi connectivity index (χ2v) is 7.04. The van der Waals surface area contributed by atoms with Gasteiger partial charge in [-0.15, -0.1) is 0 Å². The molecule has 34 heavy (non-hydrogen) atoms. The van der Waals surface area contributed by atoms with Gasteiger partial charge in [0.05, 0.1) is 36.3 Å². The Hall–Kier alpha value is -5.11. The number of rotatable bonds is 6. The van der Waals surface area contributed by atoms with E-state index in [1.807, 2.05) is 12.1 Å². The fraction of sp³-hybridized carbons (Fsp3) is 0.0870. The van der Waals surface area contributed by atoms with Gasteiger partial charge in [-0.25, -0.2) is 14.5 Å². The number of pyridine rings is 1. The highest BCUT2D eigenvalue weighted by Crippen LogP contribution is 2.18. The monoisotopic (exact) mass is 455 g/mol. The number of amides is 1. The molecule has 4 aromatic rings. The van der Waals surface area contributed by atoms with E-state index in [-0.39, 0.29) is 29.5 Å². The van der Waals surface area contributed by atoms with Crippen LogP contribution in [0.4, 0.5) is 0 Å². The molecule has 2 N–H and O–H groups in total. The van der Waals surface area contributed by atoms with E-state index in [1.54, 1.807) is 36.5 Å². The number of aromatic amines is 1. The van der Waals surface area contributed by atoms with Gasteiger partial charge in [-0.1, -0.05) is 18.2 Å². The molecule has 0 bridgehead atoms. The molecule has 0 spiro atoms. The number of aromatic nitrogens is 5. The Labute approximate surface area is 192 Å². The summed E-state index contributed by atoms with van der Waals surface area (Å²) in [4.78, 5) is 46.6. The predicted octanol–water partition coefficient (Wildman–Crippen LogP) is 1.61. The third kappa shape index (κ3) is 4.71. The summed E-state index contributed by atoms with van der Waals surface area (Å²) < 4.78 is 5.93. The third-order valence-corrected chi connectivity index (χ3v) is 4.85. The molecule has 0 fully saturated rings. The number of hydrogen-bond acceptors (Lipinski definition) is 8. The lowest BCUT2D eigenvalue weighted by atomic mass is 10.1. The van der Waals surface area contributed by atoms with Crippen molar-refractivity contribution in [3.05, 3.63) is 93.8 Å². The Balaban J connectivity index is 1.38. The van der Waals surface area contributed by atoms with Crippen LogP contribution in [-0.4, -0.2) is 43.7 Å². The minimum Gasteiger partial charge on any atom is -0.465 e. The number of carbonyl (C=O) groups is 2. The van der Waals surface area contributed by atoms with E-state index in [1.165, 1.54) is 24.2 Å². The molecule has 0 aliphatic rings. The Kier molecular flexibility index (Phi) is 6.22. The van der Waals surface area contributed by atoms with Crippen molar-refractivity contribution in [2.24, 2.45) is 0 Å². The second kappa shape index (κ2) is 9.58. The van der Waals surface area contributed by atoms with Crippen molar-refractivity contribution in [3.8, 4) is 23.3 Å². The lowest BCUT2D eigenvalue weighted by Crippen LogP contribution is -2.22. The highest BCUT2D eigenvalue weighted by Gasteiger charge is 2.12. The Morgan fingerprint density at radius 3 is 2.53 bits per heavy atom. The van der Waals surface area contributed by atoms with Crippen LogP contribution in [-0.2, 0) is 11.3 Å². The van der Waals surface area contributed by atoms with Crippen LogP contribution in [0, 0.1) is 11.3 Å². The van der Waals surface area contributed by atoms with Crippen LogP contribution >= 0.6 is 0 Å². The zero-order valence-electron chi connectivity index (χ0n) is 17.8. The fourth-order valence-corrected chi connectivity index (χ4v) is 3.02. The maximum atomic E-state index is 12.5. The molecule has 0 radical (unpaired) electrons. The highest BCUT2D eigenvalue weighted by molar-refractivity contribution is 5.93. The highest BCUT2D eigenvalue weighted by atomic mass is 16.5. The summed E-state index contributed by atoms with van der Waals surface area (Å²) >= 11 is 0. The zero-order chi connectivity index (χ0) is 24.1. The second-order valence-electron chi connectivity index (χ2n) is 7.04. The van der Waals surface area contributed by atoms with Crippen LogP contribution in [0.3, 0.4) is 0 Å². The summed E-state index contributed by atoms with van der Waals surface area (Å²) in [7, 11) is 1.33. The summed E-state index contributed by atoms with van der Waals surface area (Å²) in [5.74, 6) is -0.690. The minimum absolute atomic E-state index is 0.0856. The molecule has 3 heterocycles. The van der Waals surface area contributed by atoms with Gasteiger partial charge in [-0.05, 0) is 23.8 Å². The van der Waals surface area contributed by atoms with E-state index < -0.39 is 11.5 Å². The first kappa shape index (κ1) is 22.1. The van der Waals surface area contributed by atoms with Gasteiger partial charge < -0.3 is 10.1 Å². The molecule has 0 saturated carbocycles. The molecule has 4 rings (SSSR count). The average Bonchev–Trinajstić information content (AvgIpc) is 3.38. The molecule has 11 nitrogen and oxygen atoms in total. The van der Waals surface area contributed by atoms with Gasteiger partial charge in [0.1, 0.15) is 11.6 Å². The van der Waals surface area contributed by atoms with E-state index in [9.17, 15) is 14.4 Å². The van der Waals surface area contributed by atoms with Crippen molar-refractivity contribution >= 4 is 11.9 Å². The number of nitriles is 1. The quantitative estimate of drug-likeness (QED) is 0.415. The molecule has 168 valence electrons. The van der Waals surface area contributed by atoms with E-state index in [0.717, 1.165) is 23.0 Å². The van der Waals surface area contributed by atoms with Gasteiger partial charge in [0, 0.05) is 24.5 Å². The molecule has 11 heteroatoms. The summed E-state index contributed by atoms with van der Waals surface area (Å²) in [6.45, 7) is 0.241. The maximum absolute atomic E-state index is 12.5. The van der Waals surface area contributed by atoms with Crippen molar-refractivity contribution in [2.45, 2.75) is 6.54 Å². The fourth-order valence-electron chi connectivity index (χ4n) is 3.02. The first-order chi connectivity index (χ1) is 16.5. The van der Waals surface area contributed by atoms with Gasteiger partial charge in [0.2, 0.25) is 5.95 Å². The van der Waals surface area contributed by atoms with Gasteiger partial charge in [-0.2, -0.15) is 10.4 Å². The molecular weight excluding hydrogens is 438 g/mol. The maximum Gasteiger partial charge on any atom is 0.337 e. The predicted molar refractivity (Wildman–Crippen MR) is 119 cm³/mol. The van der Waals surface area contributed by atoms with Gasteiger partial charge in [0.15, 0.2) is 0 Å². The number of benzene rings is 1. The van der Waals surface area contributed by atoms with Crippen LogP contribution in [0.25, 0.3) is 17.2 Å². The first-order valence-electron chi connectivity index (χ1n) is 9.95. The molecule has 1 aromatic carbocycles. The molecule has 0 atom stereocenters. The number of ether oxygens (including phenoxy) is 1. The smallest absolute Gasteiger partial charge is 0.337 e. The summed E-state index contributed by atoms with van der Waals surface area (Å²) in [6, 6.07) is 12.3. The Morgan fingerprint density at radius 2 is 1.88 bits per heavy atom. The van der Waals surface area contributed by atoms with Crippen LogP contribution < -0.4 is 10.9 Å². The number of H-pyrrole nitrogens is 1. The Bertz CT molecular complexity index is 1450. The number of hydrogen-bond donors (Lipinski definition) is 2. The van der Waals surface area contributed by atoms with Crippen LogP contribution in [0.15, 0.2) is 66.0 Å². The minimum atomic E-state index is -0.593. The summed E-state index contributed by atoms with van der Waals surface area (Å²) in [5, 5.41) is 15.6. The van der Waals surface area contributed by atoms with Crippen molar-refractivity contribution in [1.82, 2.24) is 30.0 Å². The van der Waals surface area contributed by atoms with Crippen LogP contribution in [0.2, 0.25) is 0 Å². The number of carbonyl (C=O) groups excluding carboxylic acids is 2. The van der Waals surface area contributed by atoms with Crippen LogP contribution in [0.5, 0.6) is 0 Å². The van der Waals surface area contributed by atoms with Gasteiger partial charge >= 0.3 is 5.97 Å². The van der Waals surface area contributed by atoms with Crippen LogP contribution in [0.1, 0.15) is 31.8 Å². The van der Waals surface area contributed by atoms with Crippen molar-refractivity contribution in [3.63, 3.8) is 0 Å². The first-order valence-corrected chi connectivity index (χ1v) is 9.95.